The fraction of sp³-hybridized carbons (Fsp3) is 0.714. The topological polar surface area (TPSA) is 61.0 Å². The van der Waals surface area contributed by atoms with E-state index in [1.54, 1.807) is 0 Å². The number of hydrogen-bond donors (Lipinski definition) is 2. The van der Waals surface area contributed by atoms with Crippen LogP contribution in [0.25, 0.3) is 0 Å². The number of hydrogen-bond acceptors (Lipinski definition) is 3. The van der Waals surface area contributed by atoms with Crippen LogP contribution in [0.5, 0.6) is 0 Å². The molecule has 1 saturated heterocycles. The van der Waals surface area contributed by atoms with Gasteiger partial charge in [0.25, 0.3) is 0 Å². The van der Waals surface area contributed by atoms with E-state index in [1.165, 1.54) is 24.2 Å². The van der Waals surface area contributed by atoms with Gasteiger partial charge in [-0.1, -0.05) is 0 Å². The highest BCUT2D eigenvalue weighted by Gasteiger charge is 2.18. The average Bonchev–Trinajstić information content (AvgIpc) is 2.88. The lowest BCUT2D eigenvalue weighted by Gasteiger charge is -2.27. The molecule has 5 heteroatoms. The molecule has 0 bridgehead atoms. The predicted molar refractivity (Wildman–Crippen MR) is 73.0 cm³/mol. The molecule has 2 heterocycles. The molecule has 1 fully saturated rings. The molecule has 19 heavy (non-hydrogen) atoms. The number of aromatic amines is 1. The largest absolute Gasteiger partial charge is 0.346 e. The van der Waals surface area contributed by atoms with Gasteiger partial charge in [-0.25, -0.2) is 4.98 Å². The lowest BCUT2D eigenvalue weighted by molar-refractivity contribution is -0.131. The Morgan fingerprint density at radius 3 is 2.79 bits per heavy atom. The summed E-state index contributed by atoms with van der Waals surface area (Å²) in [7, 11) is 0. The standard InChI is InChI=1S/C14H22N4O/c19-14(18-9-7-15-8-10-18)6-5-13-16-11-3-1-2-4-12(11)17-13/h15H,1-10H2,(H,16,17). The molecule has 1 aliphatic heterocycles. The molecule has 5 nitrogen and oxygen atoms in total. The van der Waals surface area contributed by atoms with Crippen molar-refractivity contribution in [2.24, 2.45) is 0 Å². The first-order valence-corrected chi connectivity index (χ1v) is 7.38. The van der Waals surface area contributed by atoms with E-state index >= 15 is 0 Å². The van der Waals surface area contributed by atoms with Crippen LogP contribution in [-0.4, -0.2) is 47.0 Å². The monoisotopic (exact) mass is 262 g/mol. The Kier molecular flexibility index (Phi) is 3.82. The second-order valence-electron chi connectivity index (χ2n) is 5.45. The van der Waals surface area contributed by atoms with E-state index in [1.807, 2.05) is 4.90 Å². The third-order valence-corrected chi connectivity index (χ3v) is 4.05. The first-order chi connectivity index (χ1) is 9.33. The molecule has 0 aromatic carbocycles. The van der Waals surface area contributed by atoms with Crippen molar-refractivity contribution in [3.63, 3.8) is 0 Å². The Hall–Kier alpha value is -1.36. The predicted octanol–water partition coefficient (Wildman–Crippen LogP) is 0.653. The number of imidazole rings is 1. The zero-order valence-electron chi connectivity index (χ0n) is 11.4. The third kappa shape index (κ3) is 2.97. The molecule has 1 aliphatic carbocycles. The molecule has 1 aromatic heterocycles. The summed E-state index contributed by atoms with van der Waals surface area (Å²) in [6, 6.07) is 0. The minimum Gasteiger partial charge on any atom is -0.346 e. The van der Waals surface area contributed by atoms with Gasteiger partial charge in [0.15, 0.2) is 0 Å². The third-order valence-electron chi connectivity index (χ3n) is 4.05. The number of nitrogens with one attached hydrogen (secondary N) is 2. The highest BCUT2D eigenvalue weighted by atomic mass is 16.2. The van der Waals surface area contributed by atoms with Gasteiger partial charge >= 0.3 is 0 Å². The highest BCUT2D eigenvalue weighted by Crippen LogP contribution is 2.19. The number of aryl methyl sites for hydroxylation is 3. The summed E-state index contributed by atoms with van der Waals surface area (Å²) in [6.45, 7) is 3.52. The molecule has 2 aliphatic rings. The van der Waals surface area contributed by atoms with E-state index in [-0.39, 0.29) is 5.91 Å². The van der Waals surface area contributed by atoms with E-state index in [2.05, 4.69) is 15.3 Å². The maximum absolute atomic E-state index is 12.1. The molecule has 1 amide bonds. The number of rotatable bonds is 3. The molecule has 0 spiro atoms. The van der Waals surface area contributed by atoms with Crippen LogP contribution < -0.4 is 5.32 Å². The van der Waals surface area contributed by atoms with E-state index in [0.29, 0.717) is 6.42 Å². The van der Waals surface area contributed by atoms with E-state index in [4.69, 9.17) is 0 Å². The second kappa shape index (κ2) is 5.74. The Bertz CT molecular complexity index is 425. The zero-order valence-corrected chi connectivity index (χ0v) is 11.4. The van der Waals surface area contributed by atoms with Crippen molar-refractivity contribution in [1.29, 1.82) is 0 Å². The van der Waals surface area contributed by atoms with Crippen molar-refractivity contribution >= 4 is 5.91 Å². The first-order valence-electron chi connectivity index (χ1n) is 7.38. The van der Waals surface area contributed by atoms with Crippen molar-refractivity contribution in [2.45, 2.75) is 38.5 Å². The maximum atomic E-state index is 12.1. The number of carbonyl (C=O) groups is 1. The fourth-order valence-corrected chi connectivity index (χ4v) is 2.93. The van der Waals surface area contributed by atoms with E-state index in [0.717, 1.165) is 51.3 Å². The normalized spacial score (nSPS) is 19.3. The quantitative estimate of drug-likeness (QED) is 0.841. The van der Waals surface area contributed by atoms with Gasteiger partial charge in [-0.2, -0.15) is 0 Å². The van der Waals surface area contributed by atoms with Gasteiger partial charge in [0.05, 0.1) is 5.69 Å². The minimum absolute atomic E-state index is 0.260. The molecule has 1 aromatic rings. The minimum atomic E-state index is 0.260. The Balaban J connectivity index is 1.53. The summed E-state index contributed by atoms with van der Waals surface area (Å²) in [6.07, 6.45) is 6.04. The fourth-order valence-electron chi connectivity index (χ4n) is 2.93. The Morgan fingerprint density at radius 2 is 2.00 bits per heavy atom. The molecule has 0 saturated carbocycles. The summed E-state index contributed by atoms with van der Waals surface area (Å²) in [5.41, 5.74) is 2.53. The van der Waals surface area contributed by atoms with Crippen LogP contribution in [0.4, 0.5) is 0 Å². The lowest BCUT2D eigenvalue weighted by atomic mass is 10.0. The number of nitrogens with zero attached hydrogens (tertiary/aromatic N) is 2. The highest BCUT2D eigenvalue weighted by molar-refractivity contribution is 5.76. The maximum Gasteiger partial charge on any atom is 0.223 e. The molecule has 3 rings (SSSR count). The Morgan fingerprint density at radius 1 is 1.21 bits per heavy atom. The van der Waals surface area contributed by atoms with Crippen molar-refractivity contribution in [2.75, 3.05) is 26.2 Å². The van der Waals surface area contributed by atoms with Gasteiger partial charge in [0.2, 0.25) is 5.91 Å². The molecule has 0 atom stereocenters. The van der Waals surface area contributed by atoms with Gasteiger partial charge < -0.3 is 15.2 Å². The summed E-state index contributed by atoms with van der Waals surface area (Å²) >= 11 is 0. The van der Waals surface area contributed by atoms with Crippen molar-refractivity contribution < 1.29 is 4.79 Å². The smallest absolute Gasteiger partial charge is 0.223 e. The number of H-pyrrole nitrogens is 1. The molecule has 0 unspecified atom stereocenters. The van der Waals surface area contributed by atoms with Crippen LogP contribution in [0.3, 0.4) is 0 Å². The van der Waals surface area contributed by atoms with Crippen LogP contribution >= 0.6 is 0 Å². The number of carbonyl (C=O) groups excluding carboxylic acids is 1. The molecule has 104 valence electrons. The molecule has 0 radical (unpaired) electrons. The van der Waals surface area contributed by atoms with Gasteiger partial charge in [0.1, 0.15) is 5.82 Å². The van der Waals surface area contributed by atoms with Gasteiger partial charge in [-0.15, -0.1) is 0 Å². The molecular weight excluding hydrogens is 240 g/mol. The van der Waals surface area contributed by atoms with Crippen molar-refractivity contribution in [3.05, 3.63) is 17.2 Å². The van der Waals surface area contributed by atoms with E-state index in [9.17, 15) is 4.79 Å². The first kappa shape index (κ1) is 12.7. The van der Waals surface area contributed by atoms with E-state index < -0.39 is 0 Å². The Labute approximate surface area is 113 Å². The second-order valence-corrected chi connectivity index (χ2v) is 5.45. The molecule has 2 N–H and O–H groups in total. The van der Waals surface area contributed by atoms with Crippen LogP contribution in [-0.2, 0) is 24.1 Å². The molecular formula is C14H22N4O. The van der Waals surface area contributed by atoms with Crippen molar-refractivity contribution in [1.82, 2.24) is 20.2 Å². The number of amides is 1. The van der Waals surface area contributed by atoms with Gasteiger partial charge in [0, 0.05) is 44.7 Å². The summed E-state index contributed by atoms with van der Waals surface area (Å²) in [5, 5.41) is 3.26. The lowest BCUT2D eigenvalue weighted by Crippen LogP contribution is -2.46. The van der Waals surface area contributed by atoms with Crippen LogP contribution in [0.15, 0.2) is 0 Å². The van der Waals surface area contributed by atoms with Gasteiger partial charge in [-0.3, -0.25) is 4.79 Å². The van der Waals surface area contributed by atoms with Crippen LogP contribution in [0, 0.1) is 0 Å². The average molecular weight is 262 g/mol. The van der Waals surface area contributed by atoms with Crippen LogP contribution in [0.1, 0.15) is 36.5 Å². The number of piperazine rings is 1. The number of aromatic nitrogens is 2. The summed E-state index contributed by atoms with van der Waals surface area (Å²) in [4.78, 5) is 22.1. The summed E-state index contributed by atoms with van der Waals surface area (Å²) in [5.74, 6) is 1.26. The van der Waals surface area contributed by atoms with Gasteiger partial charge in [-0.05, 0) is 25.7 Å². The summed E-state index contributed by atoms with van der Waals surface area (Å²) < 4.78 is 0. The van der Waals surface area contributed by atoms with Crippen molar-refractivity contribution in [3.8, 4) is 0 Å². The van der Waals surface area contributed by atoms with Crippen LogP contribution in [0.2, 0.25) is 0 Å². The zero-order chi connectivity index (χ0) is 13.1. The number of fused-ring (bicyclic) bond motifs is 1. The SMILES string of the molecule is O=C(CCc1nc2c([nH]1)CCCC2)N1CCNCC1.